The second kappa shape index (κ2) is 4.93. The molecular formula is C11H12BrN3S. The van der Waals surface area contributed by atoms with Crippen LogP contribution in [0.2, 0.25) is 0 Å². The van der Waals surface area contributed by atoms with Gasteiger partial charge in [0, 0.05) is 28.9 Å². The first-order chi connectivity index (χ1) is 7.65. The lowest BCUT2D eigenvalue weighted by Gasteiger charge is -2.07. The van der Waals surface area contributed by atoms with Crippen LogP contribution in [0, 0.1) is 0 Å². The monoisotopic (exact) mass is 297 g/mol. The van der Waals surface area contributed by atoms with Gasteiger partial charge in [0.1, 0.15) is 0 Å². The Morgan fingerprint density at radius 3 is 2.44 bits per heavy atom. The summed E-state index contributed by atoms with van der Waals surface area (Å²) in [7, 11) is 0. The van der Waals surface area contributed by atoms with Gasteiger partial charge in [-0.25, -0.2) is 9.97 Å². The van der Waals surface area contributed by atoms with Gasteiger partial charge in [-0.05, 0) is 41.9 Å². The van der Waals surface area contributed by atoms with Crippen molar-refractivity contribution in [2.75, 3.05) is 5.32 Å². The van der Waals surface area contributed by atoms with Crippen LogP contribution in [-0.2, 0) is 0 Å². The van der Waals surface area contributed by atoms with E-state index in [0.717, 1.165) is 9.35 Å². The maximum Gasteiger partial charge on any atom is 0.222 e. The van der Waals surface area contributed by atoms with Crippen LogP contribution < -0.4 is 5.32 Å². The summed E-state index contributed by atoms with van der Waals surface area (Å²) >= 11 is 5.12. The van der Waals surface area contributed by atoms with Crippen LogP contribution in [0.4, 0.5) is 5.95 Å². The van der Waals surface area contributed by atoms with Crippen molar-refractivity contribution < 1.29 is 0 Å². The van der Waals surface area contributed by atoms with Gasteiger partial charge < -0.3 is 5.32 Å². The lowest BCUT2D eigenvalue weighted by molar-refractivity contribution is 0.874. The highest BCUT2D eigenvalue weighted by Gasteiger charge is 2.03. The van der Waals surface area contributed by atoms with E-state index in [2.05, 4.69) is 51.1 Å². The molecule has 0 aromatic carbocycles. The summed E-state index contributed by atoms with van der Waals surface area (Å²) in [6.45, 7) is 4.13. The number of hydrogen-bond donors (Lipinski definition) is 1. The van der Waals surface area contributed by atoms with E-state index < -0.39 is 0 Å². The van der Waals surface area contributed by atoms with E-state index in [9.17, 15) is 0 Å². The molecule has 0 unspecified atom stereocenters. The SMILES string of the molecule is CC(C)Nc1ncc(-c2ccc(Br)s2)cn1. The Kier molecular flexibility index (Phi) is 3.56. The van der Waals surface area contributed by atoms with E-state index in [4.69, 9.17) is 0 Å². The molecule has 16 heavy (non-hydrogen) atoms. The largest absolute Gasteiger partial charge is 0.352 e. The maximum absolute atomic E-state index is 4.27. The van der Waals surface area contributed by atoms with E-state index in [-0.39, 0.29) is 0 Å². The van der Waals surface area contributed by atoms with Crippen molar-refractivity contribution in [2.45, 2.75) is 19.9 Å². The number of hydrogen-bond acceptors (Lipinski definition) is 4. The molecule has 5 heteroatoms. The molecule has 2 aromatic rings. The van der Waals surface area contributed by atoms with Gasteiger partial charge in [-0.15, -0.1) is 11.3 Å². The minimum absolute atomic E-state index is 0.349. The van der Waals surface area contributed by atoms with Gasteiger partial charge in [-0.1, -0.05) is 0 Å². The lowest BCUT2D eigenvalue weighted by Crippen LogP contribution is -2.12. The van der Waals surface area contributed by atoms with Gasteiger partial charge in [0.05, 0.1) is 3.79 Å². The highest BCUT2D eigenvalue weighted by molar-refractivity contribution is 9.11. The summed E-state index contributed by atoms with van der Waals surface area (Å²) in [5.74, 6) is 0.675. The number of halogens is 1. The smallest absolute Gasteiger partial charge is 0.222 e. The molecule has 0 atom stereocenters. The van der Waals surface area contributed by atoms with E-state index in [1.54, 1.807) is 11.3 Å². The number of nitrogens with zero attached hydrogens (tertiary/aromatic N) is 2. The van der Waals surface area contributed by atoms with Crippen LogP contribution in [0.5, 0.6) is 0 Å². The van der Waals surface area contributed by atoms with E-state index >= 15 is 0 Å². The molecule has 0 aliphatic rings. The zero-order valence-corrected chi connectivity index (χ0v) is 11.5. The average Bonchev–Trinajstić information content (AvgIpc) is 2.65. The number of rotatable bonds is 3. The molecular weight excluding hydrogens is 286 g/mol. The highest BCUT2D eigenvalue weighted by Crippen LogP contribution is 2.30. The molecule has 3 nitrogen and oxygen atoms in total. The molecule has 0 fully saturated rings. The van der Waals surface area contributed by atoms with E-state index in [1.165, 1.54) is 4.88 Å². The number of aromatic nitrogens is 2. The minimum Gasteiger partial charge on any atom is -0.352 e. The second-order valence-corrected chi connectivity index (χ2v) is 6.16. The summed E-state index contributed by atoms with van der Waals surface area (Å²) < 4.78 is 1.12. The fourth-order valence-electron chi connectivity index (χ4n) is 1.26. The van der Waals surface area contributed by atoms with Gasteiger partial charge in [0.25, 0.3) is 0 Å². The Bertz CT molecular complexity index is 464. The zero-order valence-electron chi connectivity index (χ0n) is 9.07. The maximum atomic E-state index is 4.27. The van der Waals surface area contributed by atoms with Crippen molar-refractivity contribution in [1.82, 2.24) is 9.97 Å². The zero-order chi connectivity index (χ0) is 11.5. The van der Waals surface area contributed by atoms with Crippen molar-refractivity contribution in [3.05, 3.63) is 28.3 Å². The molecule has 0 aliphatic heterocycles. The van der Waals surface area contributed by atoms with Crippen LogP contribution in [0.3, 0.4) is 0 Å². The molecule has 0 bridgehead atoms. The Morgan fingerprint density at radius 2 is 1.94 bits per heavy atom. The average molecular weight is 298 g/mol. The second-order valence-electron chi connectivity index (χ2n) is 3.70. The van der Waals surface area contributed by atoms with Gasteiger partial charge >= 0.3 is 0 Å². The van der Waals surface area contributed by atoms with Crippen LogP contribution in [0.1, 0.15) is 13.8 Å². The first kappa shape index (κ1) is 11.5. The Labute approximate surface area is 107 Å². The Hall–Kier alpha value is -0.940. The third kappa shape index (κ3) is 2.80. The standard InChI is InChI=1S/C11H12BrN3S/c1-7(2)15-11-13-5-8(6-14-11)9-3-4-10(12)16-9/h3-7H,1-2H3,(H,13,14,15). The lowest BCUT2D eigenvalue weighted by atomic mass is 10.3. The van der Waals surface area contributed by atoms with Gasteiger partial charge in [-0.3, -0.25) is 0 Å². The molecule has 2 heterocycles. The predicted octanol–water partition coefficient (Wildman–Crippen LogP) is 3.79. The predicted molar refractivity (Wildman–Crippen MR) is 71.8 cm³/mol. The van der Waals surface area contributed by atoms with Crippen LogP contribution in [-0.4, -0.2) is 16.0 Å². The van der Waals surface area contributed by atoms with Crippen molar-refractivity contribution >= 4 is 33.2 Å². The normalized spacial score (nSPS) is 10.8. The van der Waals surface area contributed by atoms with Gasteiger partial charge in [-0.2, -0.15) is 0 Å². The molecule has 0 saturated heterocycles. The molecule has 0 radical (unpaired) electrons. The molecule has 84 valence electrons. The molecule has 2 rings (SSSR count). The minimum atomic E-state index is 0.349. The molecule has 2 aromatic heterocycles. The summed E-state index contributed by atoms with van der Waals surface area (Å²) in [5, 5.41) is 3.16. The summed E-state index contributed by atoms with van der Waals surface area (Å²) in [4.78, 5) is 9.72. The third-order valence-corrected chi connectivity index (χ3v) is 3.60. The molecule has 0 aliphatic carbocycles. The topological polar surface area (TPSA) is 37.8 Å². The fourth-order valence-corrected chi connectivity index (χ4v) is 2.62. The summed E-state index contributed by atoms with van der Waals surface area (Å²) in [6.07, 6.45) is 3.69. The fraction of sp³-hybridized carbons (Fsp3) is 0.273. The van der Waals surface area contributed by atoms with Gasteiger partial charge in [0.15, 0.2) is 0 Å². The Morgan fingerprint density at radius 1 is 1.25 bits per heavy atom. The van der Waals surface area contributed by atoms with Crippen molar-refractivity contribution in [3.63, 3.8) is 0 Å². The first-order valence-corrected chi connectivity index (χ1v) is 6.60. The molecule has 1 N–H and O–H groups in total. The van der Waals surface area contributed by atoms with Crippen LogP contribution in [0.25, 0.3) is 10.4 Å². The quantitative estimate of drug-likeness (QED) is 0.937. The Balaban J connectivity index is 2.19. The van der Waals surface area contributed by atoms with Crippen LogP contribution >= 0.6 is 27.3 Å². The molecule has 0 spiro atoms. The first-order valence-electron chi connectivity index (χ1n) is 4.99. The van der Waals surface area contributed by atoms with E-state index in [0.29, 0.717) is 12.0 Å². The molecule has 0 amide bonds. The van der Waals surface area contributed by atoms with Crippen LogP contribution in [0.15, 0.2) is 28.3 Å². The highest BCUT2D eigenvalue weighted by atomic mass is 79.9. The summed E-state index contributed by atoms with van der Waals surface area (Å²) in [5.41, 5.74) is 1.05. The number of nitrogens with one attached hydrogen (secondary N) is 1. The van der Waals surface area contributed by atoms with E-state index in [1.807, 2.05) is 18.5 Å². The molecule has 0 saturated carbocycles. The van der Waals surface area contributed by atoms with Crippen molar-refractivity contribution in [1.29, 1.82) is 0 Å². The third-order valence-electron chi connectivity index (χ3n) is 1.93. The van der Waals surface area contributed by atoms with Crippen molar-refractivity contribution in [2.24, 2.45) is 0 Å². The van der Waals surface area contributed by atoms with Crippen molar-refractivity contribution in [3.8, 4) is 10.4 Å². The van der Waals surface area contributed by atoms with Gasteiger partial charge in [0.2, 0.25) is 5.95 Å². The number of anilines is 1. The summed E-state index contributed by atoms with van der Waals surface area (Å²) in [6, 6.07) is 4.44. The number of thiophene rings is 1.